The molecule has 28 heavy (non-hydrogen) atoms. The van der Waals surface area contributed by atoms with Crippen LogP contribution in [0.1, 0.15) is 16.8 Å². The Morgan fingerprint density at radius 3 is 2.36 bits per heavy atom. The summed E-state index contributed by atoms with van der Waals surface area (Å²) in [6.45, 7) is 10.0. The van der Waals surface area contributed by atoms with Gasteiger partial charge in [0.05, 0.1) is 24.8 Å². The minimum Gasteiger partial charge on any atom is -0.378 e. The van der Waals surface area contributed by atoms with E-state index >= 15 is 0 Å². The second kappa shape index (κ2) is 8.55. The van der Waals surface area contributed by atoms with Crippen LogP contribution in [0.4, 0.5) is 11.8 Å². The van der Waals surface area contributed by atoms with Crippen molar-refractivity contribution < 1.29 is 4.74 Å². The second-order valence-corrected chi connectivity index (χ2v) is 7.34. The summed E-state index contributed by atoms with van der Waals surface area (Å²) in [4.78, 5) is 16.5. The molecule has 0 saturated carbocycles. The van der Waals surface area contributed by atoms with Gasteiger partial charge in [-0.2, -0.15) is 10.2 Å². The van der Waals surface area contributed by atoms with Crippen molar-refractivity contribution in [3.05, 3.63) is 47.2 Å². The second-order valence-electron chi connectivity index (χ2n) is 7.34. The average Bonchev–Trinajstić information content (AvgIpc) is 2.75. The maximum absolute atomic E-state index is 8.92. The molecule has 2 aromatic rings. The van der Waals surface area contributed by atoms with Gasteiger partial charge in [0.2, 0.25) is 5.95 Å². The van der Waals surface area contributed by atoms with Gasteiger partial charge in [0, 0.05) is 57.6 Å². The fraction of sp³-hybridized carbons (Fsp3) is 0.476. The van der Waals surface area contributed by atoms with E-state index in [1.807, 2.05) is 31.2 Å². The molecule has 0 bridgehead atoms. The van der Waals surface area contributed by atoms with Gasteiger partial charge in [0.1, 0.15) is 5.82 Å². The maximum Gasteiger partial charge on any atom is 0.227 e. The van der Waals surface area contributed by atoms with Gasteiger partial charge in [0.15, 0.2) is 0 Å². The van der Waals surface area contributed by atoms with Gasteiger partial charge in [-0.3, -0.25) is 4.90 Å². The number of benzene rings is 1. The predicted molar refractivity (Wildman–Crippen MR) is 108 cm³/mol. The number of ether oxygens (including phenoxy) is 1. The highest BCUT2D eigenvalue weighted by atomic mass is 16.5. The third kappa shape index (κ3) is 4.41. The van der Waals surface area contributed by atoms with Crippen LogP contribution in [0, 0.1) is 18.3 Å². The Morgan fingerprint density at radius 1 is 0.964 bits per heavy atom. The first-order valence-corrected chi connectivity index (χ1v) is 9.86. The summed E-state index contributed by atoms with van der Waals surface area (Å²) in [6.07, 6.45) is 0. The van der Waals surface area contributed by atoms with Crippen molar-refractivity contribution in [2.45, 2.75) is 13.5 Å². The summed E-state index contributed by atoms with van der Waals surface area (Å²) < 4.78 is 5.45. The number of morpholine rings is 1. The van der Waals surface area contributed by atoms with Crippen LogP contribution in [0.3, 0.4) is 0 Å². The van der Waals surface area contributed by atoms with Crippen LogP contribution in [-0.4, -0.2) is 67.4 Å². The van der Waals surface area contributed by atoms with Crippen LogP contribution < -0.4 is 9.80 Å². The van der Waals surface area contributed by atoms with Crippen LogP contribution in [-0.2, 0) is 11.3 Å². The summed E-state index contributed by atoms with van der Waals surface area (Å²) in [5.41, 5.74) is 2.96. The molecule has 0 spiro atoms. The Bertz CT molecular complexity index is 833. The molecule has 2 aliphatic heterocycles. The molecule has 2 fully saturated rings. The first-order chi connectivity index (χ1) is 13.7. The SMILES string of the molecule is Cc1cc(N2CCOCC2)nc(N2CCN(Cc3ccc(C#N)cc3)CC2)n1. The Kier molecular flexibility index (Phi) is 5.70. The molecule has 7 heteroatoms. The predicted octanol–water partition coefficient (Wildman–Crippen LogP) is 1.82. The van der Waals surface area contributed by atoms with Crippen molar-refractivity contribution in [1.82, 2.24) is 14.9 Å². The third-order valence-corrected chi connectivity index (χ3v) is 5.31. The van der Waals surface area contributed by atoms with Gasteiger partial charge in [-0.1, -0.05) is 12.1 Å². The van der Waals surface area contributed by atoms with E-state index in [1.54, 1.807) is 0 Å². The number of hydrogen-bond donors (Lipinski definition) is 0. The smallest absolute Gasteiger partial charge is 0.227 e. The minimum absolute atomic E-state index is 0.709. The summed E-state index contributed by atoms with van der Waals surface area (Å²) in [5, 5.41) is 8.92. The van der Waals surface area contributed by atoms with Gasteiger partial charge in [-0.25, -0.2) is 4.98 Å². The standard InChI is InChI=1S/C21H26N6O/c1-17-14-20(26-10-12-28-13-11-26)24-21(23-17)27-8-6-25(7-9-27)16-19-4-2-18(15-22)3-5-19/h2-5,14H,6-13,16H2,1H3. The average molecular weight is 378 g/mol. The molecule has 0 atom stereocenters. The first kappa shape index (κ1) is 18.7. The third-order valence-electron chi connectivity index (χ3n) is 5.31. The lowest BCUT2D eigenvalue weighted by Crippen LogP contribution is -2.46. The van der Waals surface area contributed by atoms with E-state index in [9.17, 15) is 0 Å². The van der Waals surface area contributed by atoms with Crippen LogP contribution in [0.2, 0.25) is 0 Å². The quantitative estimate of drug-likeness (QED) is 0.804. The zero-order chi connectivity index (χ0) is 19.3. The van der Waals surface area contributed by atoms with Gasteiger partial charge in [-0.15, -0.1) is 0 Å². The monoisotopic (exact) mass is 378 g/mol. The molecule has 0 N–H and O–H groups in total. The Balaban J connectivity index is 1.37. The lowest BCUT2D eigenvalue weighted by atomic mass is 10.1. The maximum atomic E-state index is 8.92. The van der Waals surface area contributed by atoms with E-state index in [1.165, 1.54) is 5.56 Å². The molecule has 1 aromatic carbocycles. The van der Waals surface area contributed by atoms with Crippen LogP contribution >= 0.6 is 0 Å². The minimum atomic E-state index is 0.709. The van der Waals surface area contributed by atoms with Crippen molar-refractivity contribution in [2.75, 3.05) is 62.3 Å². The highest BCUT2D eigenvalue weighted by Gasteiger charge is 2.21. The fourth-order valence-electron chi connectivity index (χ4n) is 3.68. The molecule has 146 valence electrons. The lowest BCUT2D eigenvalue weighted by molar-refractivity contribution is 0.122. The molecule has 7 nitrogen and oxygen atoms in total. The molecule has 2 saturated heterocycles. The van der Waals surface area contributed by atoms with Crippen molar-refractivity contribution in [3.63, 3.8) is 0 Å². The van der Waals surface area contributed by atoms with Gasteiger partial charge < -0.3 is 14.5 Å². The number of hydrogen-bond acceptors (Lipinski definition) is 7. The Morgan fingerprint density at radius 2 is 1.68 bits per heavy atom. The number of nitrogens with zero attached hydrogens (tertiary/aromatic N) is 6. The molecule has 0 amide bonds. The number of aryl methyl sites for hydroxylation is 1. The zero-order valence-corrected chi connectivity index (χ0v) is 16.3. The normalized spacial score (nSPS) is 18.1. The molecule has 4 rings (SSSR count). The molecule has 1 aromatic heterocycles. The van der Waals surface area contributed by atoms with E-state index < -0.39 is 0 Å². The number of anilines is 2. The Labute approximate surface area is 166 Å². The van der Waals surface area contributed by atoms with Crippen LogP contribution in [0.5, 0.6) is 0 Å². The van der Waals surface area contributed by atoms with Crippen molar-refractivity contribution >= 4 is 11.8 Å². The summed E-state index contributed by atoms with van der Waals surface area (Å²) in [5.74, 6) is 1.84. The van der Waals surface area contributed by atoms with E-state index in [4.69, 9.17) is 15.0 Å². The van der Waals surface area contributed by atoms with E-state index in [-0.39, 0.29) is 0 Å². The molecular weight excluding hydrogens is 352 g/mol. The van der Waals surface area contributed by atoms with Gasteiger partial charge in [-0.05, 0) is 24.6 Å². The van der Waals surface area contributed by atoms with Crippen LogP contribution in [0.25, 0.3) is 0 Å². The lowest BCUT2D eigenvalue weighted by Gasteiger charge is -2.35. The number of aromatic nitrogens is 2. The summed E-state index contributed by atoms with van der Waals surface area (Å²) in [6, 6.07) is 12.1. The molecule has 0 aliphatic carbocycles. The largest absolute Gasteiger partial charge is 0.378 e. The summed E-state index contributed by atoms with van der Waals surface area (Å²) in [7, 11) is 0. The van der Waals surface area contributed by atoms with E-state index in [0.29, 0.717) is 5.56 Å². The van der Waals surface area contributed by atoms with Crippen molar-refractivity contribution in [3.8, 4) is 6.07 Å². The van der Waals surface area contributed by atoms with Crippen LogP contribution in [0.15, 0.2) is 30.3 Å². The molecule has 0 unspecified atom stereocenters. The highest BCUT2D eigenvalue weighted by Crippen LogP contribution is 2.20. The zero-order valence-electron chi connectivity index (χ0n) is 16.3. The molecular formula is C21H26N6O. The van der Waals surface area contributed by atoms with Crippen molar-refractivity contribution in [2.24, 2.45) is 0 Å². The summed E-state index contributed by atoms with van der Waals surface area (Å²) >= 11 is 0. The van der Waals surface area contributed by atoms with Gasteiger partial charge >= 0.3 is 0 Å². The molecule has 2 aliphatic rings. The number of rotatable bonds is 4. The molecule has 3 heterocycles. The van der Waals surface area contributed by atoms with E-state index in [2.05, 4.69) is 31.8 Å². The molecule has 0 radical (unpaired) electrons. The highest BCUT2D eigenvalue weighted by molar-refractivity contribution is 5.46. The number of piperazine rings is 1. The fourth-order valence-corrected chi connectivity index (χ4v) is 3.68. The number of nitriles is 1. The topological polar surface area (TPSA) is 68.5 Å². The van der Waals surface area contributed by atoms with Gasteiger partial charge in [0.25, 0.3) is 0 Å². The van der Waals surface area contributed by atoms with E-state index in [0.717, 1.165) is 76.5 Å². The first-order valence-electron chi connectivity index (χ1n) is 9.86. The van der Waals surface area contributed by atoms with Crippen molar-refractivity contribution in [1.29, 1.82) is 5.26 Å². The Hall–Kier alpha value is -2.69.